The van der Waals surface area contributed by atoms with E-state index in [0.717, 1.165) is 22.6 Å². The average Bonchev–Trinajstić information content (AvgIpc) is 2.71. The van der Waals surface area contributed by atoms with Gasteiger partial charge in [0, 0.05) is 22.3 Å². The van der Waals surface area contributed by atoms with Crippen LogP contribution >= 0.6 is 0 Å². The summed E-state index contributed by atoms with van der Waals surface area (Å²) >= 11 is 0. The van der Waals surface area contributed by atoms with Crippen LogP contribution in [0.25, 0.3) is 11.5 Å². The third-order valence-electron chi connectivity index (χ3n) is 2.73. The molecule has 1 aromatic rings. The van der Waals surface area contributed by atoms with Crippen LogP contribution in [-0.4, -0.2) is 0 Å². The lowest BCUT2D eigenvalue weighted by Crippen LogP contribution is -1.87. The summed E-state index contributed by atoms with van der Waals surface area (Å²) in [6.45, 7) is 8.97. The van der Waals surface area contributed by atoms with Crippen LogP contribution in [0.5, 0.6) is 0 Å². The van der Waals surface area contributed by atoms with Crippen LogP contribution < -0.4 is 0 Å². The van der Waals surface area contributed by atoms with Gasteiger partial charge in [-0.1, -0.05) is 13.2 Å². The molecule has 2 heterocycles. The molecule has 2 nitrogen and oxygen atoms in total. The largest absolute Gasteiger partial charge is 0.489 e. The number of rotatable bonds is 0. The van der Waals surface area contributed by atoms with Gasteiger partial charge in [-0.2, -0.15) is 0 Å². The van der Waals surface area contributed by atoms with Crippen molar-refractivity contribution < 1.29 is 9.47 Å². The Balaban J connectivity index is 2.25. The van der Waals surface area contributed by atoms with Crippen LogP contribution in [-0.2, 0) is 22.7 Å². The van der Waals surface area contributed by atoms with Crippen molar-refractivity contribution in [2.24, 2.45) is 0 Å². The lowest BCUT2D eigenvalue weighted by molar-refractivity contribution is 0.282. The number of ether oxygens (including phenoxy) is 2. The zero-order valence-electron chi connectivity index (χ0n) is 7.80. The van der Waals surface area contributed by atoms with Crippen LogP contribution in [0.15, 0.2) is 25.3 Å². The molecule has 0 unspecified atom stereocenters. The van der Waals surface area contributed by atoms with Gasteiger partial charge < -0.3 is 9.47 Å². The molecule has 0 fully saturated rings. The number of hydrogen-bond donors (Lipinski definition) is 0. The van der Waals surface area contributed by atoms with Crippen molar-refractivity contribution in [3.8, 4) is 0 Å². The first-order valence-corrected chi connectivity index (χ1v) is 4.55. The summed E-state index contributed by atoms with van der Waals surface area (Å²) in [6, 6.07) is 4.19. The summed E-state index contributed by atoms with van der Waals surface area (Å²) in [7, 11) is 0. The molecule has 3 rings (SSSR count). The Kier molecular flexibility index (Phi) is 1.32. The molecule has 0 spiro atoms. The molecule has 0 aliphatic carbocycles. The lowest BCUT2D eigenvalue weighted by atomic mass is 10.00. The smallest absolute Gasteiger partial charge is 0.120 e. The van der Waals surface area contributed by atoms with E-state index in [-0.39, 0.29) is 0 Å². The molecule has 0 bridgehead atoms. The minimum absolute atomic E-state index is 0.633. The van der Waals surface area contributed by atoms with Gasteiger partial charge in [-0.15, -0.1) is 0 Å². The summed E-state index contributed by atoms with van der Waals surface area (Å²) in [4.78, 5) is 0. The van der Waals surface area contributed by atoms with Gasteiger partial charge >= 0.3 is 0 Å². The molecule has 2 heteroatoms. The first kappa shape index (κ1) is 7.68. The predicted molar refractivity (Wildman–Crippen MR) is 54.1 cm³/mol. The standard InChI is InChI=1S/C12H10O2/c1-7-11-4-12-8(2)14-6-10(12)3-9(11)5-13-7/h3-4H,1-2,5-6H2. The third-order valence-corrected chi connectivity index (χ3v) is 2.73. The molecule has 0 saturated carbocycles. The van der Waals surface area contributed by atoms with Crippen molar-refractivity contribution in [2.75, 3.05) is 0 Å². The van der Waals surface area contributed by atoms with Gasteiger partial charge in [0.25, 0.3) is 0 Å². The van der Waals surface area contributed by atoms with E-state index in [4.69, 9.17) is 9.47 Å². The second-order valence-electron chi connectivity index (χ2n) is 3.59. The zero-order valence-corrected chi connectivity index (χ0v) is 7.80. The monoisotopic (exact) mass is 186 g/mol. The summed E-state index contributed by atoms with van der Waals surface area (Å²) in [5, 5.41) is 0. The van der Waals surface area contributed by atoms with Crippen molar-refractivity contribution >= 4 is 11.5 Å². The zero-order chi connectivity index (χ0) is 9.71. The van der Waals surface area contributed by atoms with E-state index in [1.807, 2.05) is 0 Å². The molecule has 2 aliphatic rings. The lowest BCUT2D eigenvalue weighted by Gasteiger charge is -2.00. The molecule has 1 aromatic carbocycles. The number of hydrogen-bond acceptors (Lipinski definition) is 2. The fourth-order valence-corrected chi connectivity index (χ4v) is 1.94. The molecule has 0 saturated heterocycles. The number of fused-ring (bicyclic) bond motifs is 2. The minimum Gasteiger partial charge on any atom is -0.489 e. The minimum atomic E-state index is 0.633. The summed E-state index contributed by atoms with van der Waals surface area (Å²) in [6.07, 6.45) is 0. The average molecular weight is 186 g/mol. The SMILES string of the molecule is C=C1OCc2cc3c(cc21)C(=C)OC3. The molecule has 0 radical (unpaired) electrons. The van der Waals surface area contributed by atoms with E-state index in [1.54, 1.807) is 0 Å². The molecule has 0 N–H and O–H groups in total. The molecule has 2 aliphatic heterocycles. The van der Waals surface area contributed by atoms with Crippen molar-refractivity contribution in [3.05, 3.63) is 47.5 Å². The Labute approximate surface area is 82.5 Å². The highest BCUT2D eigenvalue weighted by atomic mass is 16.5. The van der Waals surface area contributed by atoms with Crippen LogP contribution in [0.2, 0.25) is 0 Å². The normalized spacial score (nSPS) is 17.4. The molecular formula is C12H10O2. The maximum Gasteiger partial charge on any atom is 0.120 e. The van der Waals surface area contributed by atoms with Gasteiger partial charge in [0.15, 0.2) is 0 Å². The molecule has 14 heavy (non-hydrogen) atoms. The van der Waals surface area contributed by atoms with Crippen molar-refractivity contribution in [2.45, 2.75) is 13.2 Å². The van der Waals surface area contributed by atoms with E-state index < -0.39 is 0 Å². The Morgan fingerprint density at radius 1 is 0.857 bits per heavy atom. The fraction of sp³-hybridized carbons (Fsp3) is 0.167. The first-order valence-electron chi connectivity index (χ1n) is 4.55. The summed E-state index contributed by atoms with van der Waals surface area (Å²) < 4.78 is 10.7. The Morgan fingerprint density at radius 3 is 1.86 bits per heavy atom. The van der Waals surface area contributed by atoms with E-state index >= 15 is 0 Å². The predicted octanol–water partition coefficient (Wildman–Crippen LogP) is 2.69. The molecule has 70 valence electrons. The molecule has 0 atom stereocenters. The van der Waals surface area contributed by atoms with Gasteiger partial charge in [-0.25, -0.2) is 0 Å². The van der Waals surface area contributed by atoms with Crippen molar-refractivity contribution in [3.63, 3.8) is 0 Å². The topological polar surface area (TPSA) is 18.5 Å². The maximum absolute atomic E-state index is 5.37. The highest BCUT2D eigenvalue weighted by Crippen LogP contribution is 2.36. The Hall–Kier alpha value is -1.70. The highest BCUT2D eigenvalue weighted by molar-refractivity contribution is 5.73. The maximum atomic E-state index is 5.37. The molecule has 0 aromatic heterocycles. The Bertz CT molecular complexity index is 418. The van der Waals surface area contributed by atoms with Gasteiger partial charge in [0.2, 0.25) is 0 Å². The second kappa shape index (κ2) is 2.41. The highest BCUT2D eigenvalue weighted by Gasteiger charge is 2.23. The van der Waals surface area contributed by atoms with Crippen LogP contribution in [0, 0.1) is 0 Å². The van der Waals surface area contributed by atoms with Gasteiger partial charge in [0.05, 0.1) is 0 Å². The van der Waals surface area contributed by atoms with Crippen molar-refractivity contribution in [1.82, 2.24) is 0 Å². The van der Waals surface area contributed by atoms with E-state index in [2.05, 4.69) is 25.3 Å². The van der Waals surface area contributed by atoms with E-state index in [1.165, 1.54) is 11.1 Å². The quantitative estimate of drug-likeness (QED) is 0.620. The van der Waals surface area contributed by atoms with Crippen LogP contribution in [0.1, 0.15) is 22.3 Å². The number of benzene rings is 1. The van der Waals surface area contributed by atoms with Crippen molar-refractivity contribution in [1.29, 1.82) is 0 Å². The van der Waals surface area contributed by atoms with Gasteiger partial charge in [-0.3, -0.25) is 0 Å². The van der Waals surface area contributed by atoms with E-state index in [0.29, 0.717) is 13.2 Å². The Morgan fingerprint density at radius 2 is 1.36 bits per heavy atom. The summed E-state index contributed by atoms with van der Waals surface area (Å²) in [5.74, 6) is 1.50. The molecular weight excluding hydrogens is 176 g/mol. The fourth-order valence-electron chi connectivity index (χ4n) is 1.94. The summed E-state index contributed by atoms with van der Waals surface area (Å²) in [5.41, 5.74) is 4.59. The first-order chi connectivity index (χ1) is 6.75. The van der Waals surface area contributed by atoms with Crippen LogP contribution in [0.4, 0.5) is 0 Å². The van der Waals surface area contributed by atoms with Crippen LogP contribution in [0.3, 0.4) is 0 Å². The molecule has 0 amide bonds. The third kappa shape index (κ3) is 0.854. The van der Waals surface area contributed by atoms with E-state index in [9.17, 15) is 0 Å². The van der Waals surface area contributed by atoms with Gasteiger partial charge in [-0.05, 0) is 12.1 Å². The van der Waals surface area contributed by atoms with Gasteiger partial charge in [0.1, 0.15) is 24.7 Å². The second-order valence-corrected chi connectivity index (χ2v) is 3.59.